The third kappa shape index (κ3) is 4.20. The van der Waals surface area contributed by atoms with Gasteiger partial charge in [-0.1, -0.05) is 41.9 Å². The number of nitrogens with zero attached hydrogens (tertiary/aromatic N) is 2. The van der Waals surface area contributed by atoms with Gasteiger partial charge in [0.2, 0.25) is 15.9 Å². The molecule has 1 saturated heterocycles. The van der Waals surface area contributed by atoms with Gasteiger partial charge in [-0.15, -0.1) is 0 Å². The molecule has 0 bridgehead atoms. The maximum atomic E-state index is 13.2. The fraction of sp³-hybridized carbons (Fsp3) is 0.409. The maximum absolute atomic E-state index is 13.2. The number of piperidine rings is 1. The van der Waals surface area contributed by atoms with Crippen LogP contribution in [0.1, 0.15) is 30.9 Å². The van der Waals surface area contributed by atoms with Crippen LogP contribution >= 0.6 is 11.6 Å². The quantitative estimate of drug-likeness (QED) is 0.737. The van der Waals surface area contributed by atoms with Crippen LogP contribution in [0.4, 0.5) is 5.69 Å². The van der Waals surface area contributed by atoms with Gasteiger partial charge in [0.25, 0.3) is 0 Å². The van der Waals surface area contributed by atoms with E-state index in [4.69, 9.17) is 11.6 Å². The number of anilines is 1. The summed E-state index contributed by atoms with van der Waals surface area (Å²) in [6.07, 6.45) is 1.98. The van der Waals surface area contributed by atoms with E-state index < -0.39 is 10.0 Å². The lowest BCUT2D eigenvalue weighted by molar-refractivity contribution is -0.123. The van der Waals surface area contributed by atoms with Crippen LogP contribution in [-0.4, -0.2) is 37.8 Å². The number of hydrogen-bond donors (Lipinski definition) is 0. The molecule has 4 rings (SSSR count). The second-order valence-electron chi connectivity index (χ2n) is 7.95. The second kappa shape index (κ2) is 8.09. The molecule has 0 N–H and O–H groups in total. The number of benzene rings is 2. The molecule has 2 aliphatic rings. The Labute approximate surface area is 177 Å². The average Bonchev–Trinajstić information content (AvgIpc) is 3.03. The molecule has 0 radical (unpaired) electrons. The van der Waals surface area contributed by atoms with Crippen LogP contribution in [0.25, 0.3) is 0 Å². The molecule has 0 saturated carbocycles. The summed E-state index contributed by atoms with van der Waals surface area (Å²) in [5, 5.41) is 0.530. The van der Waals surface area contributed by atoms with Crippen LogP contribution in [0.5, 0.6) is 0 Å². The molecule has 0 unspecified atom stereocenters. The highest BCUT2D eigenvalue weighted by atomic mass is 35.5. The highest BCUT2D eigenvalue weighted by Gasteiger charge is 2.37. The highest BCUT2D eigenvalue weighted by molar-refractivity contribution is 7.88. The molecule has 1 amide bonds. The summed E-state index contributed by atoms with van der Waals surface area (Å²) in [6, 6.07) is 15.1. The summed E-state index contributed by atoms with van der Waals surface area (Å²) in [6.45, 7) is 2.83. The van der Waals surface area contributed by atoms with Crippen molar-refractivity contribution in [3.05, 3.63) is 64.7 Å². The van der Waals surface area contributed by atoms with Crippen molar-refractivity contribution in [3.63, 3.8) is 0 Å². The Morgan fingerprint density at radius 2 is 1.83 bits per heavy atom. The molecule has 0 aromatic heterocycles. The Morgan fingerprint density at radius 1 is 1.10 bits per heavy atom. The van der Waals surface area contributed by atoms with Gasteiger partial charge in [0.05, 0.1) is 5.75 Å². The number of rotatable bonds is 4. The molecule has 2 heterocycles. The van der Waals surface area contributed by atoms with E-state index in [0.29, 0.717) is 36.5 Å². The van der Waals surface area contributed by atoms with E-state index in [1.54, 1.807) is 24.3 Å². The summed E-state index contributed by atoms with van der Waals surface area (Å²) in [7, 11) is -3.43. The zero-order valence-corrected chi connectivity index (χ0v) is 18.0. The number of fused-ring (bicyclic) bond motifs is 1. The van der Waals surface area contributed by atoms with Crippen LogP contribution in [0.15, 0.2) is 48.5 Å². The third-order valence-corrected chi connectivity index (χ3v) is 7.96. The minimum atomic E-state index is -3.43. The summed E-state index contributed by atoms with van der Waals surface area (Å²) >= 11 is 5.97. The zero-order chi connectivity index (χ0) is 20.6. The summed E-state index contributed by atoms with van der Waals surface area (Å²) in [5.41, 5.74) is 2.88. The van der Waals surface area contributed by atoms with E-state index in [1.807, 2.05) is 23.1 Å². The molecular formula is C22H25ClN2O3S. The summed E-state index contributed by atoms with van der Waals surface area (Å²) in [4.78, 5) is 15.1. The Hall–Kier alpha value is -1.89. The van der Waals surface area contributed by atoms with Gasteiger partial charge >= 0.3 is 0 Å². The van der Waals surface area contributed by atoms with Crippen molar-refractivity contribution in [2.24, 2.45) is 5.92 Å². The van der Waals surface area contributed by atoms with Crippen LogP contribution in [-0.2, 0) is 27.0 Å². The molecule has 7 heteroatoms. The fourth-order valence-corrected chi connectivity index (χ4v) is 6.17. The molecule has 1 atom stereocenters. The van der Waals surface area contributed by atoms with Gasteiger partial charge in [-0.05, 0) is 55.5 Å². The van der Waals surface area contributed by atoms with Crippen LogP contribution < -0.4 is 4.90 Å². The molecule has 1 fully saturated rings. The molecule has 29 heavy (non-hydrogen) atoms. The van der Waals surface area contributed by atoms with Crippen molar-refractivity contribution in [1.29, 1.82) is 0 Å². The number of carbonyl (C=O) groups is 1. The molecule has 5 nitrogen and oxygen atoms in total. The molecular weight excluding hydrogens is 408 g/mol. The lowest BCUT2D eigenvalue weighted by atomic mass is 9.96. The number of para-hydroxylation sites is 1. The minimum absolute atomic E-state index is 0.0668. The Balaban J connectivity index is 1.41. The number of sulfonamides is 1. The SMILES string of the molecule is C[C@@H]1Cc2ccccc2N1C(=O)C1CCN(S(=O)(=O)Cc2cccc(Cl)c2)CC1. The van der Waals surface area contributed by atoms with Crippen LogP contribution in [0.3, 0.4) is 0 Å². The zero-order valence-electron chi connectivity index (χ0n) is 16.4. The first-order valence-corrected chi connectivity index (χ1v) is 12.0. The molecule has 2 aromatic carbocycles. The topological polar surface area (TPSA) is 57.7 Å². The number of amides is 1. The van der Waals surface area contributed by atoms with Gasteiger partial charge in [-0.25, -0.2) is 12.7 Å². The first-order chi connectivity index (χ1) is 13.8. The lowest BCUT2D eigenvalue weighted by Gasteiger charge is -2.34. The Bertz CT molecular complexity index is 1020. The first-order valence-electron chi connectivity index (χ1n) is 9.98. The maximum Gasteiger partial charge on any atom is 0.230 e. The second-order valence-corrected chi connectivity index (χ2v) is 10.4. The van der Waals surface area contributed by atoms with Crippen molar-refractivity contribution in [2.75, 3.05) is 18.0 Å². The monoisotopic (exact) mass is 432 g/mol. The van der Waals surface area contributed by atoms with Crippen LogP contribution in [0.2, 0.25) is 5.02 Å². The number of carbonyl (C=O) groups excluding carboxylic acids is 1. The van der Waals surface area contributed by atoms with Gasteiger partial charge in [0.15, 0.2) is 0 Å². The number of hydrogen-bond acceptors (Lipinski definition) is 3. The molecule has 154 valence electrons. The largest absolute Gasteiger partial charge is 0.309 e. The van der Waals surface area contributed by atoms with Gasteiger partial charge in [-0.2, -0.15) is 0 Å². The van der Waals surface area contributed by atoms with Gasteiger partial charge < -0.3 is 4.90 Å². The van der Waals surface area contributed by atoms with E-state index in [2.05, 4.69) is 13.0 Å². The van der Waals surface area contributed by atoms with Crippen molar-refractivity contribution in [3.8, 4) is 0 Å². The van der Waals surface area contributed by atoms with E-state index in [9.17, 15) is 13.2 Å². The van der Waals surface area contributed by atoms with E-state index in [-0.39, 0.29) is 23.6 Å². The average molecular weight is 433 g/mol. The predicted octanol–water partition coefficient (Wildman–Crippen LogP) is 3.86. The number of halogens is 1. The molecule has 0 aliphatic carbocycles. The fourth-order valence-electron chi connectivity index (χ4n) is 4.41. The smallest absolute Gasteiger partial charge is 0.230 e. The molecule has 2 aliphatic heterocycles. The van der Waals surface area contributed by atoms with Gasteiger partial charge in [0, 0.05) is 35.8 Å². The van der Waals surface area contributed by atoms with Gasteiger partial charge in [-0.3, -0.25) is 4.79 Å². The standard InChI is InChI=1S/C22H25ClN2O3S/c1-16-13-19-6-2-3-8-21(19)25(16)22(26)18-9-11-24(12-10-18)29(27,28)15-17-5-4-7-20(23)14-17/h2-8,14,16,18H,9-13,15H2,1H3/t16-/m1/s1. The molecule has 0 spiro atoms. The Kier molecular flexibility index (Phi) is 5.69. The van der Waals surface area contributed by atoms with E-state index in [1.165, 1.54) is 9.87 Å². The lowest BCUT2D eigenvalue weighted by Crippen LogP contribution is -2.46. The summed E-state index contributed by atoms with van der Waals surface area (Å²) in [5.74, 6) is -0.0848. The van der Waals surface area contributed by atoms with Gasteiger partial charge in [0.1, 0.15) is 0 Å². The van der Waals surface area contributed by atoms with Crippen molar-refractivity contribution >= 4 is 33.2 Å². The predicted molar refractivity (Wildman–Crippen MR) is 115 cm³/mol. The Morgan fingerprint density at radius 3 is 2.55 bits per heavy atom. The first kappa shape index (κ1) is 20.4. The van der Waals surface area contributed by atoms with Crippen molar-refractivity contribution < 1.29 is 13.2 Å². The van der Waals surface area contributed by atoms with Crippen molar-refractivity contribution in [1.82, 2.24) is 4.31 Å². The highest BCUT2D eigenvalue weighted by Crippen LogP contribution is 2.35. The van der Waals surface area contributed by atoms with Crippen LogP contribution in [0, 0.1) is 5.92 Å². The minimum Gasteiger partial charge on any atom is -0.309 e. The molecule has 2 aromatic rings. The van der Waals surface area contributed by atoms with E-state index >= 15 is 0 Å². The normalized spacial score (nSPS) is 20.6. The third-order valence-electron chi connectivity index (χ3n) is 5.88. The van der Waals surface area contributed by atoms with Crippen molar-refractivity contribution in [2.45, 2.75) is 38.0 Å². The van der Waals surface area contributed by atoms with E-state index in [0.717, 1.165) is 12.1 Å². The summed E-state index contributed by atoms with van der Waals surface area (Å²) < 4.78 is 27.1.